The zero-order valence-corrected chi connectivity index (χ0v) is 18.3. The molecule has 3 aromatic rings. The van der Waals surface area contributed by atoms with E-state index in [0.717, 1.165) is 11.1 Å². The number of ether oxygens (including phenoxy) is 1. The van der Waals surface area contributed by atoms with Crippen molar-refractivity contribution in [3.05, 3.63) is 76.0 Å². The second-order valence-electron chi connectivity index (χ2n) is 7.72. The van der Waals surface area contributed by atoms with Crippen molar-refractivity contribution < 1.29 is 9.84 Å². The maximum Gasteiger partial charge on any atom is 0.251 e. The molecule has 7 heteroatoms. The van der Waals surface area contributed by atoms with E-state index in [1.54, 1.807) is 30.7 Å². The van der Waals surface area contributed by atoms with Gasteiger partial charge in [-0.25, -0.2) is 0 Å². The Morgan fingerprint density at radius 2 is 1.97 bits per heavy atom. The number of likely N-dealkylation sites (N-methyl/N-ethyl adjacent to an activating group) is 1. The van der Waals surface area contributed by atoms with Gasteiger partial charge in [-0.3, -0.25) is 9.78 Å². The summed E-state index contributed by atoms with van der Waals surface area (Å²) in [5, 5.41) is 19.2. The van der Waals surface area contributed by atoms with Gasteiger partial charge in [-0.2, -0.15) is 0 Å². The van der Waals surface area contributed by atoms with Crippen LogP contribution in [0.25, 0.3) is 16.5 Å². The molecule has 2 aromatic heterocycles. The van der Waals surface area contributed by atoms with E-state index in [9.17, 15) is 9.90 Å². The van der Waals surface area contributed by atoms with Crippen molar-refractivity contribution in [2.45, 2.75) is 20.4 Å². The van der Waals surface area contributed by atoms with E-state index in [2.05, 4.69) is 4.98 Å². The fourth-order valence-corrected chi connectivity index (χ4v) is 3.46. The lowest BCUT2D eigenvalue weighted by Crippen LogP contribution is -2.21. The number of pyridine rings is 2. The van der Waals surface area contributed by atoms with Crippen LogP contribution in [0.1, 0.15) is 25.1 Å². The lowest BCUT2D eigenvalue weighted by molar-refractivity contribution is 0.261. The minimum Gasteiger partial charge on any atom is -0.512 e. The number of hydrogen-bond acceptors (Lipinski definition) is 6. The average molecular weight is 421 g/mol. The third-order valence-corrected chi connectivity index (χ3v) is 4.94. The quantitative estimate of drug-likeness (QED) is 0.428. The van der Waals surface area contributed by atoms with Crippen molar-refractivity contribution in [3.8, 4) is 5.75 Å². The van der Waals surface area contributed by atoms with Gasteiger partial charge < -0.3 is 24.7 Å². The summed E-state index contributed by atoms with van der Waals surface area (Å²) in [6, 6.07) is 12.6. The van der Waals surface area contributed by atoms with E-state index in [1.165, 1.54) is 6.07 Å². The minimum absolute atomic E-state index is 0.0473. The Morgan fingerprint density at radius 1 is 1.19 bits per heavy atom. The smallest absolute Gasteiger partial charge is 0.251 e. The van der Waals surface area contributed by atoms with Crippen molar-refractivity contribution >= 4 is 22.2 Å². The average Bonchev–Trinajstić information content (AvgIpc) is 2.71. The van der Waals surface area contributed by atoms with Crippen molar-refractivity contribution in [1.29, 1.82) is 5.41 Å². The van der Waals surface area contributed by atoms with Crippen LogP contribution in [-0.4, -0.2) is 52.5 Å². The van der Waals surface area contributed by atoms with Gasteiger partial charge in [-0.1, -0.05) is 6.07 Å². The number of hydrogen-bond donors (Lipinski definition) is 2. The third kappa shape index (κ3) is 5.19. The summed E-state index contributed by atoms with van der Waals surface area (Å²) in [5.41, 5.74) is 2.63. The maximum atomic E-state index is 12.7. The van der Waals surface area contributed by atoms with Crippen LogP contribution in [0.3, 0.4) is 0 Å². The SMILES string of the molecule is CC(=N)/C(=C(/C)O)c1cc2ccc(=O)n(Cc3ccccn3)c2cc1OCCN(C)C. The summed E-state index contributed by atoms with van der Waals surface area (Å²) < 4.78 is 7.73. The summed E-state index contributed by atoms with van der Waals surface area (Å²) in [6.45, 7) is 4.65. The molecule has 2 heterocycles. The topological polar surface area (TPSA) is 91.4 Å². The van der Waals surface area contributed by atoms with Crippen LogP contribution in [0, 0.1) is 5.41 Å². The standard InChI is InChI=1S/C24H28N4O3/c1-16(25)24(17(2)29)20-13-18-8-9-23(30)28(15-19-7-5-6-10-26-19)21(18)14-22(20)31-12-11-27(3)4/h5-10,13-14,25,29H,11-12,15H2,1-4H3/b24-17+,25-16?. The fourth-order valence-electron chi connectivity index (χ4n) is 3.46. The Morgan fingerprint density at radius 3 is 2.58 bits per heavy atom. The van der Waals surface area contributed by atoms with E-state index in [4.69, 9.17) is 10.1 Å². The molecule has 2 N–H and O–H groups in total. The highest BCUT2D eigenvalue weighted by atomic mass is 16.5. The molecule has 7 nitrogen and oxygen atoms in total. The van der Waals surface area contributed by atoms with E-state index in [0.29, 0.717) is 42.1 Å². The number of nitrogens with zero attached hydrogens (tertiary/aromatic N) is 3. The number of aliphatic hydroxyl groups is 1. The van der Waals surface area contributed by atoms with E-state index >= 15 is 0 Å². The largest absolute Gasteiger partial charge is 0.512 e. The number of fused-ring (bicyclic) bond motifs is 1. The van der Waals surface area contributed by atoms with Gasteiger partial charge >= 0.3 is 0 Å². The van der Waals surface area contributed by atoms with Crippen LogP contribution in [0.4, 0.5) is 0 Å². The minimum atomic E-state index is -0.137. The molecule has 0 saturated heterocycles. The Bertz CT molecular complexity index is 1180. The van der Waals surface area contributed by atoms with Crippen LogP contribution in [0.5, 0.6) is 5.75 Å². The molecule has 0 saturated carbocycles. The van der Waals surface area contributed by atoms with Crippen molar-refractivity contribution in [1.82, 2.24) is 14.5 Å². The van der Waals surface area contributed by atoms with Crippen LogP contribution >= 0.6 is 0 Å². The first-order valence-corrected chi connectivity index (χ1v) is 10.1. The molecule has 0 aliphatic carbocycles. The third-order valence-electron chi connectivity index (χ3n) is 4.94. The molecule has 0 radical (unpaired) electrons. The molecule has 0 aliphatic heterocycles. The Balaban J connectivity index is 2.20. The van der Waals surface area contributed by atoms with E-state index in [-0.39, 0.29) is 17.0 Å². The number of aliphatic hydroxyl groups excluding tert-OH is 1. The first-order valence-electron chi connectivity index (χ1n) is 10.1. The lowest BCUT2D eigenvalue weighted by Gasteiger charge is -2.19. The van der Waals surface area contributed by atoms with E-state index in [1.807, 2.05) is 49.3 Å². The maximum absolute atomic E-state index is 12.7. The predicted molar refractivity (Wildman–Crippen MR) is 124 cm³/mol. The van der Waals surface area contributed by atoms with Gasteiger partial charge in [0.25, 0.3) is 5.56 Å². The van der Waals surface area contributed by atoms with Crippen LogP contribution in [0.15, 0.2) is 59.2 Å². The molecule has 162 valence electrons. The zero-order chi connectivity index (χ0) is 22.5. The highest BCUT2D eigenvalue weighted by Crippen LogP contribution is 2.33. The molecule has 1 aromatic carbocycles. The van der Waals surface area contributed by atoms with Crippen LogP contribution in [-0.2, 0) is 6.54 Å². The second kappa shape index (κ2) is 9.57. The molecular weight excluding hydrogens is 392 g/mol. The van der Waals surface area contributed by atoms with Crippen molar-refractivity contribution in [2.75, 3.05) is 27.2 Å². The highest BCUT2D eigenvalue weighted by molar-refractivity contribution is 6.22. The lowest BCUT2D eigenvalue weighted by atomic mass is 9.97. The Kier molecular flexibility index (Phi) is 6.87. The summed E-state index contributed by atoms with van der Waals surface area (Å²) in [7, 11) is 3.92. The molecule has 0 fully saturated rings. The fraction of sp³-hybridized carbons (Fsp3) is 0.292. The summed E-state index contributed by atoms with van der Waals surface area (Å²) in [6.07, 6.45) is 1.70. The van der Waals surface area contributed by atoms with Crippen LogP contribution < -0.4 is 10.3 Å². The molecular formula is C24H28N4O3. The molecule has 31 heavy (non-hydrogen) atoms. The highest BCUT2D eigenvalue weighted by Gasteiger charge is 2.17. The van der Waals surface area contributed by atoms with Gasteiger partial charge in [-0.15, -0.1) is 0 Å². The number of benzene rings is 1. The second-order valence-corrected chi connectivity index (χ2v) is 7.72. The van der Waals surface area contributed by atoms with Crippen LogP contribution in [0.2, 0.25) is 0 Å². The number of nitrogens with one attached hydrogen (secondary N) is 1. The van der Waals surface area contributed by atoms with Crippen molar-refractivity contribution in [2.24, 2.45) is 0 Å². The van der Waals surface area contributed by atoms with Gasteiger partial charge in [-0.05, 0) is 57.6 Å². The molecule has 0 aliphatic rings. The first-order chi connectivity index (χ1) is 14.8. The number of aromatic nitrogens is 2. The number of rotatable bonds is 8. The van der Waals surface area contributed by atoms with Gasteiger partial charge in [0.2, 0.25) is 0 Å². The molecule has 0 atom stereocenters. The molecule has 0 amide bonds. The first kappa shape index (κ1) is 22.2. The zero-order valence-electron chi connectivity index (χ0n) is 18.3. The van der Waals surface area contributed by atoms with Gasteiger partial charge in [0.05, 0.1) is 23.5 Å². The molecule has 0 unspecified atom stereocenters. The molecule has 3 rings (SSSR count). The number of allylic oxidation sites excluding steroid dienone is 2. The molecule has 0 bridgehead atoms. The van der Waals surface area contributed by atoms with Crippen molar-refractivity contribution in [3.63, 3.8) is 0 Å². The molecule has 0 spiro atoms. The monoisotopic (exact) mass is 420 g/mol. The van der Waals surface area contributed by atoms with Gasteiger partial charge in [0.1, 0.15) is 12.4 Å². The normalized spacial score (nSPS) is 12.2. The summed E-state index contributed by atoms with van der Waals surface area (Å²) >= 11 is 0. The van der Waals surface area contributed by atoms with Gasteiger partial charge in [0, 0.05) is 41.7 Å². The predicted octanol–water partition coefficient (Wildman–Crippen LogP) is 3.71. The van der Waals surface area contributed by atoms with Gasteiger partial charge in [0.15, 0.2) is 0 Å². The Hall–Kier alpha value is -3.45. The summed E-state index contributed by atoms with van der Waals surface area (Å²) in [4.78, 5) is 19.0. The Labute approximate surface area is 181 Å². The summed E-state index contributed by atoms with van der Waals surface area (Å²) in [5.74, 6) is 0.566. The van der Waals surface area contributed by atoms with E-state index < -0.39 is 0 Å².